The highest BCUT2D eigenvalue weighted by Gasteiger charge is 2.37. The number of likely N-dealkylation sites (N-methyl/N-ethyl adjacent to an activating group) is 1. The van der Waals surface area contributed by atoms with E-state index in [-0.39, 0.29) is 11.5 Å². The van der Waals surface area contributed by atoms with E-state index in [1.807, 2.05) is 118 Å². The summed E-state index contributed by atoms with van der Waals surface area (Å²) >= 11 is 1.34. The van der Waals surface area contributed by atoms with E-state index in [9.17, 15) is 4.79 Å². The number of thiazole rings is 1. The zero-order valence-corrected chi connectivity index (χ0v) is 31.5. The summed E-state index contributed by atoms with van der Waals surface area (Å²) < 4.78 is 10.5. The number of benzene rings is 5. The van der Waals surface area contributed by atoms with Gasteiger partial charge in [-0.3, -0.25) is 14.2 Å². The predicted octanol–water partition coefficient (Wildman–Crippen LogP) is 8.39. The SMILES string of the molecule is CCN(CC)C(=O)C1=C(C)N=c2s/c(=C/c3cc(-c4ccccc4)n(-c4ccccc4)c3-c3ccccc3)c(=O)n2[C@H]1c1c(OC)ccc2ccccc12. The molecule has 54 heavy (non-hydrogen) atoms. The van der Waals surface area contributed by atoms with Gasteiger partial charge in [0, 0.05) is 29.9 Å². The van der Waals surface area contributed by atoms with Gasteiger partial charge in [-0.15, -0.1) is 0 Å². The highest BCUT2D eigenvalue weighted by molar-refractivity contribution is 7.07. The molecule has 1 amide bonds. The van der Waals surface area contributed by atoms with Gasteiger partial charge in [-0.2, -0.15) is 0 Å². The van der Waals surface area contributed by atoms with Crippen LogP contribution >= 0.6 is 11.3 Å². The fraction of sp³-hybridized carbons (Fsp3) is 0.152. The normalized spacial score (nSPS) is 14.2. The first-order chi connectivity index (χ1) is 26.4. The van der Waals surface area contributed by atoms with Gasteiger partial charge in [-0.05, 0) is 73.0 Å². The van der Waals surface area contributed by atoms with E-state index < -0.39 is 6.04 Å². The van der Waals surface area contributed by atoms with Crippen LogP contribution in [0.5, 0.6) is 5.75 Å². The molecule has 0 saturated carbocycles. The molecule has 0 saturated heterocycles. The minimum absolute atomic E-state index is 0.144. The Labute approximate surface area is 318 Å². The summed E-state index contributed by atoms with van der Waals surface area (Å²) in [6.07, 6.45) is 1.99. The molecule has 0 spiro atoms. The van der Waals surface area contributed by atoms with Crippen molar-refractivity contribution in [3.8, 4) is 34.0 Å². The van der Waals surface area contributed by atoms with E-state index in [0.717, 1.165) is 50.1 Å². The predicted molar refractivity (Wildman–Crippen MR) is 219 cm³/mol. The van der Waals surface area contributed by atoms with Gasteiger partial charge >= 0.3 is 0 Å². The standard InChI is InChI=1S/C46H40N4O3S/c1-5-48(6-2)45(52)40-30(3)47-46-50(43(40)41-36-25-17-16-18-31(36)26-27-38(41)53-4)44(51)39(54-46)29-34-28-37(32-19-10-7-11-20-32)49(35-23-14-9-15-24-35)42(34)33-21-12-8-13-22-33/h7-29,43H,5-6H2,1-4H3/b39-29+/t43-/m1/s1. The molecule has 0 unspecified atom stereocenters. The average Bonchev–Trinajstić information content (AvgIpc) is 3.74. The lowest BCUT2D eigenvalue weighted by Crippen LogP contribution is -2.43. The lowest BCUT2D eigenvalue weighted by atomic mass is 9.90. The number of aromatic nitrogens is 2. The number of rotatable bonds is 9. The van der Waals surface area contributed by atoms with Crippen LogP contribution in [0.3, 0.4) is 0 Å². The maximum Gasteiger partial charge on any atom is 0.271 e. The van der Waals surface area contributed by atoms with Gasteiger partial charge in [0.15, 0.2) is 4.80 Å². The summed E-state index contributed by atoms with van der Waals surface area (Å²) in [7, 11) is 1.63. The van der Waals surface area contributed by atoms with Crippen LogP contribution in [0.4, 0.5) is 0 Å². The third-order valence-electron chi connectivity index (χ3n) is 10.2. The summed E-state index contributed by atoms with van der Waals surface area (Å²) in [5, 5.41) is 1.90. The van der Waals surface area contributed by atoms with Crippen LogP contribution in [0.2, 0.25) is 0 Å². The van der Waals surface area contributed by atoms with Gasteiger partial charge in [0.1, 0.15) is 11.8 Å². The molecule has 1 aliphatic rings. The van der Waals surface area contributed by atoms with Crippen molar-refractivity contribution in [1.82, 2.24) is 14.0 Å². The Bertz CT molecular complexity index is 2720. The summed E-state index contributed by atoms with van der Waals surface area (Å²) in [6.45, 7) is 6.87. The number of ether oxygens (including phenoxy) is 1. The Morgan fingerprint density at radius 3 is 2.13 bits per heavy atom. The van der Waals surface area contributed by atoms with E-state index in [4.69, 9.17) is 9.73 Å². The monoisotopic (exact) mass is 728 g/mol. The van der Waals surface area contributed by atoms with Gasteiger partial charge in [0.05, 0.1) is 34.3 Å². The molecule has 8 rings (SSSR count). The van der Waals surface area contributed by atoms with Crippen LogP contribution in [0.15, 0.2) is 155 Å². The zero-order valence-electron chi connectivity index (χ0n) is 30.7. The summed E-state index contributed by atoms with van der Waals surface area (Å²) in [4.78, 5) is 36.9. The first-order valence-corrected chi connectivity index (χ1v) is 19.0. The molecule has 0 radical (unpaired) electrons. The second-order valence-electron chi connectivity index (χ2n) is 13.2. The number of methoxy groups -OCH3 is 1. The second-order valence-corrected chi connectivity index (χ2v) is 14.2. The molecular formula is C46H40N4O3S. The van der Waals surface area contributed by atoms with Crippen LogP contribution in [-0.2, 0) is 4.79 Å². The molecule has 5 aromatic carbocycles. The van der Waals surface area contributed by atoms with Crippen LogP contribution in [0.1, 0.15) is 37.9 Å². The van der Waals surface area contributed by atoms with E-state index in [1.54, 1.807) is 16.6 Å². The molecule has 268 valence electrons. The summed E-state index contributed by atoms with van der Waals surface area (Å²) in [6, 6.07) is 44.3. The fourth-order valence-electron chi connectivity index (χ4n) is 7.62. The van der Waals surface area contributed by atoms with E-state index in [1.165, 1.54) is 11.3 Å². The van der Waals surface area contributed by atoms with Crippen LogP contribution in [-0.4, -0.2) is 40.1 Å². The quantitative estimate of drug-likeness (QED) is 0.150. The Kier molecular flexibility index (Phi) is 9.44. The van der Waals surface area contributed by atoms with Crippen molar-refractivity contribution in [3.05, 3.63) is 176 Å². The van der Waals surface area contributed by atoms with Gasteiger partial charge in [-0.25, -0.2) is 4.99 Å². The molecule has 7 aromatic rings. The average molecular weight is 729 g/mol. The van der Waals surface area contributed by atoms with Crippen molar-refractivity contribution >= 4 is 34.1 Å². The highest BCUT2D eigenvalue weighted by atomic mass is 32.1. The first-order valence-electron chi connectivity index (χ1n) is 18.2. The Hall–Kier alpha value is -6.25. The molecule has 0 aliphatic carbocycles. The third-order valence-corrected chi connectivity index (χ3v) is 11.2. The van der Waals surface area contributed by atoms with Gasteiger partial charge in [-0.1, -0.05) is 121 Å². The first kappa shape index (κ1) is 34.8. The molecule has 1 aliphatic heterocycles. The Morgan fingerprint density at radius 1 is 0.833 bits per heavy atom. The summed E-state index contributed by atoms with van der Waals surface area (Å²) in [5.74, 6) is 0.459. The van der Waals surface area contributed by atoms with Crippen molar-refractivity contribution in [2.24, 2.45) is 4.99 Å². The maximum absolute atomic E-state index is 15.1. The molecule has 2 aromatic heterocycles. The number of hydrogen-bond acceptors (Lipinski definition) is 5. The molecule has 1 atom stereocenters. The molecule has 8 heteroatoms. The van der Waals surface area contributed by atoms with E-state index >= 15 is 4.79 Å². The maximum atomic E-state index is 15.1. The van der Waals surface area contributed by atoms with Crippen LogP contribution in [0.25, 0.3) is 45.1 Å². The van der Waals surface area contributed by atoms with E-state index in [2.05, 4.69) is 47.0 Å². The third kappa shape index (κ3) is 5.98. The molecule has 3 heterocycles. The number of para-hydroxylation sites is 1. The van der Waals surface area contributed by atoms with Crippen LogP contribution < -0.4 is 19.6 Å². The minimum Gasteiger partial charge on any atom is -0.496 e. The van der Waals surface area contributed by atoms with Crippen LogP contribution in [0, 0.1) is 0 Å². The number of nitrogens with zero attached hydrogens (tertiary/aromatic N) is 4. The molecule has 0 fully saturated rings. The van der Waals surface area contributed by atoms with Gasteiger partial charge in [0.25, 0.3) is 11.5 Å². The van der Waals surface area contributed by atoms with Crippen molar-refractivity contribution in [1.29, 1.82) is 0 Å². The summed E-state index contributed by atoms with van der Waals surface area (Å²) in [5.41, 5.74) is 7.54. The second kappa shape index (κ2) is 14.6. The largest absolute Gasteiger partial charge is 0.496 e. The zero-order chi connectivity index (χ0) is 37.3. The molecular weight excluding hydrogens is 689 g/mol. The molecule has 0 N–H and O–H groups in total. The van der Waals surface area contributed by atoms with Gasteiger partial charge in [0.2, 0.25) is 0 Å². The highest BCUT2D eigenvalue weighted by Crippen LogP contribution is 2.41. The number of fused-ring (bicyclic) bond motifs is 2. The number of hydrogen-bond donors (Lipinski definition) is 0. The number of allylic oxidation sites excluding steroid dienone is 1. The molecule has 7 nitrogen and oxygen atoms in total. The van der Waals surface area contributed by atoms with Crippen molar-refractivity contribution in [2.75, 3.05) is 20.2 Å². The van der Waals surface area contributed by atoms with Crippen molar-refractivity contribution in [2.45, 2.75) is 26.8 Å². The molecule has 0 bridgehead atoms. The lowest BCUT2D eigenvalue weighted by Gasteiger charge is -2.30. The van der Waals surface area contributed by atoms with E-state index in [0.29, 0.717) is 39.4 Å². The topological polar surface area (TPSA) is 68.8 Å². The fourth-order valence-corrected chi connectivity index (χ4v) is 8.66. The van der Waals surface area contributed by atoms with Crippen molar-refractivity contribution < 1.29 is 9.53 Å². The Morgan fingerprint density at radius 2 is 1.46 bits per heavy atom. The number of carbonyl (C=O) groups is 1. The smallest absolute Gasteiger partial charge is 0.271 e. The minimum atomic E-state index is -0.764. The lowest BCUT2D eigenvalue weighted by molar-refractivity contribution is -0.127. The number of amides is 1. The van der Waals surface area contributed by atoms with Crippen molar-refractivity contribution in [3.63, 3.8) is 0 Å². The Balaban J connectivity index is 1.43. The number of carbonyl (C=O) groups excluding carboxylic acids is 1. The van der Waals surface area contributed by atoms with Gasteiger partial charge < -0.3 is 14.2 Å².